The number of aliphatic hydroxyl groups excluding tert-OH is 1. The van der Waals surface area contributed by atoms with Crippen molar-refractivity contribution in [3.8, 4) is 0 Å². The van der Waals surface area contributed by atoms with E-state index in [9.17, 15) is 5.11 Å². The van der Waals surface area contributed by atoms with E-state index in [-0.39, 0.29) is 6.61 Å². The van der Waals surface area contributed by atoms with E-state index >= 15 is 0 Å². The summed E-state index contributed by atoms with van der Waals surface area (Å²) in [6, 6.07) is 4.98. The molecule has 0 saturated carbocycles. The lowest BCUT2D eigenvalue weighted by molar-refractivity contribution is 0.0420. The van der Waals surface area contributed by atoms with E-state index in [2.05, 4.69) is 0 Å². The molecule has 0 radical (unpaired) electrons. The van der Waals surface area contributed by atoms with Crippen molar-refractivity contribution in [1.29, 1.82) is 0 Å². The van der Waals surface area contributed by atoms with Gasteiger partial charge >= 0.3 is 0 Å². The number of hydrogen-bond donors (Lipinski definition) is 1. The number of ether oxygens (including phenoxy) is 1. The van der Waals surface area contributed by atoms with E-state index < -0.39 is 6.10 Å². The predicted octanol–water partition coefficient (Wildman–Crippen LogP) is 3.06. The Bertz CT molecular complexity index is 282. The fourth-order valence-electron chi connectivity index (χ4n) is 1.09. The van der Waals surface area contributed by atoms with Crippen molar-refractivity contribution in [1.82, 2.24) is 0 Å². The second-order valence-corrected chi connectivity index (χ2v) is 3.75. The van der Waals surface area contributed by atoms with Gasteiger partial charge in [-0.05, 0) is 30.7 Å². The molecule has 1 aromatic rings. The maximum Gasteiger partial charge on any atom is 0.102 e. The van der Waals surface area contributed by atoms with Gasteiger partial charge in [0.1, 0.15) is 6.10 Å². The molecule has 1 rings (SSSR count). The molecule has 14 heavy (non-hydrogen) atoms. The standard InChI is InChI=1S/C10H12Cl2O2/c1-2-14-6-10(13)7-3-8(11)5-9(12)4-7/h3-5,10,13H,2,6H2,1H3. The summed E-state index contributed by atoms with van der Waals surface area (Å²) in [5, 5.41) is 10.7. The van der Waals surface area contributed by atoms with Crippen LogP contribution in [0.1, 0.15) is 18.6 Å². The van der Waals surface area contributed by atoms with Gasteiger partial charge in [-0.2, -0.15) is 0 Å². The summed E-state index contributed by atoms with van der Waals surface area (Å²) in [5.74, 6) is 0. The highest BCUT2D eigenvalue weighted by atomic mass is 35.5. The van der Waals surface area contributed by atoms with Crippen LogP contribution < -0.4 is 0 Å². The molecule has 0 spiro atoms. The van der Waals surface area contributed by atoms with Crippen LogP contribution in [0.25, 0.3) is 0 Å². The highest BCUT2D eigenvalue weighted by Crippen LogP contribution is 2.23. The Morgan fingerprint density at radius 2 is 1.86 bits per heavy atom. The molecule has 1 atom stereocenters. The second kappa shape index (κ2) is 5.56. The van der Waals surface area contributed by atoms with Gasteiger partial charge in [0, 0.05) is 16.7 Å². The summed E-state index contributed by atoms with van der Waals surface area (Å²) < 4.78 is 5.09. The Hall–Kier alpha value is -0.280. The topological polar surface area (TPSA) is 29.5 Å². The van der Waals surface area contributed by atoms with Gasteiger partial charge in [-0.1, -0.05) is 23.2 Å². The van der Waals surface area contributed by atoms with Crippen molar-refractivity contribution >= 4 is 23.2 Å². The zero-order valence-corrected chi connectivity index (χ0v) is 9.35. The Labute approximate surface area is 93.4 Å². The SMILES string of the molecule is CCOCC(O)c1cc(Cl)cc(Cl)c1. The number of aliphatic hydroxyl groups is 1. The van der Waals surface area contributed by atoms with Gasteiger partial charge in [-0.25, -0.2) is 0 Å². The van der Waals surface area contributed by atoms with Crippen molar-refractivity contribution in [2.45, 2.75) is 13.0 Å². The first kappa shape index (κ1) is 11.8. The zero-order valence-electron chi connectivity index (χ0n) is 7.84. The minimum atomic E-state index is -0.675. The van der Waals surface area contributed by atoms with Crippen LogP contribution in [-0.4, -0.2) is 18.3 Å². The van der Waals surface area contributed by atoms with Gasteiger partial charge in [0.15, 0.2) is 0 Å². The molecular weight excluding hydrogens is 223 g/mol. The molecule has 0 aromatic heterocycles. The molecular formula is C10H12Cl2O2. The second-order valence-electron chi connectivity index (χ2n) is 2.88. The fraction of sp³-hybridized carbons (Fsp3) is 0.400. The summed E-state index contributed by atoms with van der Waals surface area (Å²) in [6.45, 7) is 2.70. The normalized spacial score (nSPS) is 12.9. The molecule has 0 heterocycles. The first-order valence-corrected chi connectivity index (χ1v) is 5.11. The molecule has 0 amide bonds. The summed E-state index contributed by atoms with van der Waals surface area (Å²) >= 11 is 11.6. The van der Waals surface area contributed by atoms with E-state index in [4.69, 9.17) is 27.9 Å². The lowest BCUT2D eigenvalue weighted by atomic mass is 10.1. The maximum absolute atomic E-state index is 9.66. The van der Waals surface area contributed by atoms with Crippen LogP contribution in [0.2, 0.25) is 10.0 Å². The van der Waals surface area contributed by atoms with E-state index in [0.717, 1.165) is 0 Å². The van der Waals surface area contributed by atoms with Gasteiger partial charge in [-0.15, -0.1) is 0 Å². The van der Waals surface area contributed by atoms with Gasteiger partial charge in [0.05, 0.1) is 6.61 Å². The number of benzene rings is 1. The lowest BCUT2D eigenvalue weighted by Gasteiger charge is -2.11. The Balaban J connectivity index is 2.73. The largest absolute Gasteiger partial charge is 0.386 e. The van der Waals surface area contributed by atoms with Crippen LogP contribution in [0.15, 0.2) is 18.2 Å². The zero-order chi connectivity index (χ0) is 10.6. The summed E-state index contributed by atoms with van der Waals surface area (Å²) in [5.41, 5.74) is 0.677. The Morgan fingerprint density at radius 3 is 2.36 bits per heavy atom. The van der Waals surface area contributed by atoms with E-state index in [1.807, 2.05) is 6.92 Å². The monoisotopic (exact) mass is 234 g/mol. The van der Waals surface area contributed by atoms with Crippen LogP contribution in [0, 0.1) is 0 Å². The Morgan fingerprint density at radius 1 is 1.29 bits per heavy atom. The number of hydrogen-bond acceptors (Lipinski definition) is 2. The van der Waals surface area contributed by atoms with Crippen LogP contribution in [-0.2, 0) is 4.74 Å². The van der Waals surface area contributed by atoms with E-state index in [1.165, 1.54) is 0 Å². The van der Waals surface area contributed by atoms with Crippen LogP contribution in [0.5, 0.6) is 0 Å². The van der Waals surface area contributed by atoms with Crippen LogP contribution in [0.3, 0.4) is 0 Å². The minimum Gasteiger partial charge on any atom is -0.386 e. The first-order chi connectivity index (χ1) is 6.63. The molecule has 4 heteroatoms. The molecule has 2 nitrogen and oxygen atoms in total. The molecule has 1 aromatic carbocycles. The molecule has 1 N–H and O–H groups in total. The summed E-state index contributed by atoms with van der Waals surface area (Å²) in [6.07, 6.45) is -0.675. The van der Waals surface area contributed by atoms with Crippen LogP contribution in [0.4, 0.5) is 0 Å². The average molecular weight is 235 g/mol. The van der Waals surface area contributed by atoms with Gasteiger partial charge in [0.25, 0.3) is 0 Å². The quantitative estimate of drug-likeness (QED) is 0.868. The summed E-state index contributed by atoms with van der Waals surface area (Å²) in [4.78, 5) is 0. The van der Waals surface area contributed by atoms with Crippen LogP contribution >= 0.6 is 23.2 Å². The molecule has 1 unspecified atom stereocenters. The van der Waals surface area contributed by atoms with Gasteiger partial charge < -0.3 is 9.84 Å². The first-order valence-electron chi connectivity index (χ1n) is 4.35. The lowest BCUT2D eigenvalue weighted by Crippen LogP contribution is -2.06. The smallest absolute Gasteiger partial charge is 0.102 e. The molecule has 0 bridgehead atoms. The molecule has 78 valence electrons. The highest BCUT2D eigenvalue weighted by Gasteiger charge is 2.08. The van der Waals surface area contributed by atoms with Crippen molar-refractivity contribution < 1.29 is 9.84 Å². The molecule has 0 aliphatic rings. The fourth-order valence-corrected chi connectivity index (χ4v) is 1.64. The van der Waals surface area contributed by atoms with Crippen molar-refractivity contribution in [3.63, 3.8) is 0 Å². The third-order valence-corrected chi connectivity index (χ3v) is 2.19. The summed E-state index contributed by atoms with van der Waals surface area (Å²) in [7, 11) is 0. The predicted molar refractivity (Wildman–Crippen MR) is 57.9 cm³/mol. The van der Waals surface area contributed by atoms with Crippen molar-refractivity contribution in [2.75, 3.05) is 13.2 Å². The molecule has 0 aliphatic heterocycles. The molecule has 0 fully saturated rings. The highest BCUT2D eigenvalue weighted by molar-refractivity contribution is 6.34. The van der Waals surface area contributed by atoms with Crippen molar-refractivity contribution in [2.24, 2.45) is 0 Å². The van der Waals surface area contributed by atoms with Gasteiger partial charge in [-0.3, -0.25) is 0 Å². The maximum atomic E-state index is 9.66. The van der Waals surface area contributed by atoms with E-state index in [0.29, 0.717) is 22.2 Å². The molecule has 0 saturated heterocycles. The molecule has 0 aliphatic carbocycles. The minimum absolute atomic E-state index is 0.257. The van der Waals surface area contributed by atoms with Gasteiger partial charge in [0.2, 0.25) is 0 Å². The number of rotatable bonds is 4. The third-order valence-electron chi connectivity index (χ3n) is 1.75. The van der Waals surface area contributed by atoms with Crippen molar-refractivity contribution in [3.05, 3.63) is 33.8 Å². The number of halogens is 2. The Kier molecular flexibility index (Phi) is 4.69. The van der Waals surface area contributed by atoms with E-state index in [1.54, 1.807) is 18.2 Å². The third kappa shape index (κ3) is 3.46. The average Bonchev–Trinajstić information content (AvgIpc) is 2.12.